The van der Waals surface area contributed by atoms with E-state index >= 15 is 0 Å². The zero-order chi connectivity index (χ0) is 27.4. The summed E-state index contributed by atoms with van der Waals surface area (Å²) in [6.45, 7) is 5.31. The standard InChI is InChI=1S/C18H28N2O2.C9H6F3NO2/c1-4-15-9-7-11-19-17(5-2)20(15)18(21)13-14-8-6-10-16(12-14)22-3;10-9(11,12)7-2-1-3-8(4-7)13(5-14)6-15/h6,8,10,12,15,17,19H,4-5,7,9,11,13H2,1-3H3;1-6H. The number of rotatable bonds is 8. The van der Waals surface area contributed by atoms with E-state index in [1.807, 2.05) is 24.3 Å². The number of ether oxygens (including phenoxy) is 1. The lowest BCUT2D eigenvalue weighted by atomic mass is 10.0. The van der Waals surface area contributed by atoms with Crippen LogP contribution in [0.4, 0.5) is 18.9 Å². The summed E-state index contributed by atoms with van der Waals surface area (Å²) >= 11 is 0. The number of carbonyl (C=O) groups excluding carboxylic acids is 3. The van der Waals surface area contributed by atoms with Crippen LogP contribution < -0.4 is 15.0 Å². The van der Waals surface area contributed by atoms with E-state index in [9.17, 15) is 27.6 Å². The highest BCUT2D eigenvalue weighted by Crippen LogP contribution is 2.31. The van der Waals surface area contributed by atoms with Crippen LogP contribution in [0.1, 0.15) is 50.7 Å². The molecule has 0 aromatic heterocycles. The van der Waals surface area contributed by atoms with Crippen molar-refractivity contribution in [3.05, 3.63) is 59.7 Å². The molecule has 37 heavy (non-hydrogen) atoms. The fourth-order valence-corrected chi connectivity index (χ4v) is 4.26. The number of halogens is 3. The van der Waals surface area contributed by atoms with Crippen LogP contribution in [-0.2, 0) is 27.0 Å². The van der Waals surface area contributed by atoms with Gasteiger partial charge in [0.1, 0.15) is 5.75 Å². The maximum Gasteiger partial charge on any atom is 0.416 e. The van der Waals surface area contributed by atoms with Crippen molar-refractivity contribution in [2.24, 2.45) is 0 Å². The summed E-state index contributed by atoms with van der Waals surface area (Å²) in [5, 5.41) is 3.52. The lowest BCUT2D eigenvalue weighted by molar-refractivity contribution is -0.138. The molecule has 3 rings (SSSR count). The van der Waals surface area contributed by atoms with E-state index in [1.54, 1.807) is 7.11 Å². The molecular formula is C27H34F3N3O4. The fraction of sp³-hybridized carbons (Fsp3) is 0.444. The summed E-state index contributed by atoms with van der Waals surface area (Å²) < 4.78 is 42.0. The van der Waals surface area contributed by atoms with Crippen molar-refractivity contribution in [2.45, 2.75) is 64.3 Å². The van der Waals surface area contributed by atoms with Crippen LogP contribution in [0.3, 0.4) is 0 Å². The van der Waals surface area contributed by atoms with Gasteiger partial charge in [-0.05, 0) is 68.1 Å². The number of anilines is 1. The van der Waals surface area contributed by atoms with E-state index in [4.69, 9.17) is 4.74 Å². The van der Waals surface area contributed by atoms with Crippen molar-refractivity contribution in [3.63, 3.8) is 0 Å². The lowest BCUT2D eigenvalue weighted by Crippen LogP contribution is -2.51. The predicted molar refractivity (Wildman–Crippen MR) is 135 cm³/mol. The van der Waals surface area contributed by atoms with Gasteiger partial charge in [0, 0.05) is 6.04 Å². The molecule has 7 nitrogen and oxygen atoms in total. The highest BCUT2D eigenvalue weighted by molar-refractivity contribution is 5.95. The van der Waals surface area contributed by atoms with Gasteiger partial charge in [0.05, 0.1) is 30.9 Å². The molecule has 1 N–H and O–H groups in total. The molecule has 0 aliphatic carbocycles. The number of benzene rings is 2. The van der Waals surface area contributed by atoms with Crippen LogP contribution in [0.2, 0.25) is 0 Å². The Balaban J connectivity index is 0.000000281. The number of nitrogens with one attached hydrogen (secondary N) is 1. The number of methoxy groups -OCH3 is 1. The van der Waals surface area contributed by atoms with Gasteiger partial charge in [0.15, 0.2) is 0 Å². The Morgan fingerprint density at radius 2 is 1.81 bits per heavy atom. The first-order chi connectivity index (χ1) is 17.7. The third-order valence-corrected chi connectivity index (χ3v) is 6.16. The molecule has 2 aromatic rings. The van der Waals surface area contributed by atoms with Crippen molar-refractivity contribution in [1.82, 2.24) is 10.2 Å². The largest absolute Gasteiger partial charge is 0.497 e. The predicted octanol–water partition coefficient (Wildman–Crippen LogP) is 4.79. The molecule has 2 aromatic carbocycles. The molecule has 0 spiro atoms. The van der Waals surface area contributed by atoms with Gasteiger partial charge in [-0.3, -0.25) is 24.6 Å². The number of hydrogen-bond donors (Lipinski definition) is 1. The van der Waals surface area contributed by atoms with E-state index in [2.05, 4.69) is 24.1 Å². The molecule has 2 atom stereocenters. The number of carbonyl (C=O) groups is 3. The minimum atomic E-state index is -4.49. The lowest BCUT2D eigenvalue weighted by Gasteiger charge is -2.36. The quantitative estimate of drug-likeness (QED) is 0.506. The highest BCUT2D eigenvalue weighted by Gasteiger charge is 2.31. The number of alkyl halides is 3. The summed E-state index contributed by atoms with van der Waals surface area (Å²) in [6, 6.07) is 12.1. The first kappa shape index (κ1) is 29.8. The van der Waals surface area contributed by atoms with Gasteiger partial charge in [-0.2, -0.15) is 13.2 Å². The summed E-state index contributed by atoms with van der Waals surface area (Å²) in [4.78, 5) is 36.1. The topological polar surface area (TPSA) is 79.0 Å². The van der Waals surface area contributed by atoms with E-state index in [-0.39, 0.29) is 30.6 Å². The summed E-state index contributed by atoms with van der Waals surface area (Å²) in [5.41, 5.74) is -0.0122. The van der Waals surface area contributed by atoms with Gasteiger partial charge in [-0.1, -0.05) is 32.0 Å². The number of hydrogen-bond acceptors (Lipinski definition) is 5. The molecule has 0 radical (unpaired) electrons. The van der Waals surface area contributed by atoms with Gasteiger partial charge in [-0.25, -0.2) is 0 Å². The molecule has 1 fully saturated rings. The second-order valence-electron chi connectivity index (χ2n) is 8.58. The Hall–Kier alpha value is -3.40. The molecular weight excluding hydrogens is 487 g/mol. The maximum atomic E-state index is 12.9. The Bertz CT molecular complexity index is 1010. The van der Waals surface area contributed by atoms with E-state index in [0.29, 0.717) is 17.4 Å². The van der Waals surface area contributed by atoms with Crippen LogP contribution in [0, 0.1) is 0 Å². The molecule has 1 heterocycles. The van der Waals surface area contributed by atoms with Crippen LogP contribution in [0.5, 0.6) is 5.75 Å². The van der Waals surface area contributed by atoms with Crippen molar-refractivity contribution in [3.8, 4) is 5.75 Å². The van der Waals surface area contributed by atoms with Gasteiger partial charge in [0.25, 0.3) is 0 Å². The molecule has 0 saturated carbocycles. The monoisotopic (exact) mass is 521 g/mol. The van der Waals surface area contributed by atoms with Gasteiger partial charge < -0.3 is 9.64 Å². The first-order valence-electron chi connectivity index (χ1n) is 12.2. The molecule has 0 bridgehead atoms. The zero-order valence-corrected chi connectivity index (χ0v) is 21.3. The van der Waals surface area contributed by atoms with Crippen molar-refractivity contribution < 1.29 is 32.3 Å². The Morgan fingerprint density at radius 3 is 2.41 bits per heavy atom. The van der Waals surface area contributed by atoms with Crippen LogP contribution in [0.15, 0.2) is 48.5 Å². The van der Waals surface area contributed by atoms with Gasteiger partial charge in [-0.15, -0.1) is 0 Å². The number of imide groups is 1. The summed E-state index contributed by atoms with van der Waals surface area (Å²) in [6.07, 6.45) is 0.569. The second-order valence-corrected chi connectivity index (χ2v) is 8.58. The first-order valence-corrected chi connectivity index (χ1v) is 12.2. The van der Waals surface area contributed by atoms with Crippen LogP contribution in [0.25, 0.3) is 0 Å². The van der Waals surface area contributed by atoms with Crippen molar-refractivity contribution >= 4 is 24.4 Å². The molecule has 1 saturated heterocycles. The number of nitrogens with zero attached hydrogens (tertiary/aromatic N) is 2. The minimum Gasteiger partial charge on any atom is -0.497 e. The second kappa shape index (κ2) is 14.4. The van der Waals surface area contributed by atoms with E-state index in [1.165, 1.54) is 6.07 Å². The SMILES string of the molecule is CCC1CCCNC(CC)N1C(=O)Cc1cccc(OC)c1.O=CN(C=O)c1cccc(C(F)(F)F)c1. The fourth-order valence-electron chi connectivity index (χ4n) is 4.26. The minimum absolute atomic E-state index is 0.116. The zero-order valence-electron chi connectivity index (χ0n) is 21.3. The Kier molecular flexibility index (Phi) is 11.6. The molecule has 2 unspecified atom stereocenters. The van der Waals surface area contributed by atoms with Crippen LogP contribution in [-0.4, -0.2) is 49.5 Å². The molecule has 3 amide bonds. The average Bonchev–Trinajstić information content (AvgIpc) is 3.11. The van der Waals surface area contributed by atoms with Gasteiger partial charge >= 0.3 is 6.18 Å². The van der Waals surface area contributed by atoms with Crippen molar-refractivity contribution in [1.29, 1.82) is 0 Å². The molecule has 1 aliphatic rings. The molecule has 202 valence electrons. The number of amides is 3. The van der Waals surface area contributed by atoms with Crippen molar-refractivity contribution in [2.75, 3.05) is 18.6 Å². The third kappa shape index (κ3) is 8.59. The summed E-state index contributed by atoms with van der Waals surface area (Å²) in [7, 11) is 1.65. The van der Waals surface area contributed by atoms with Crippen LogP contribution >= 0.6 is 0 Å². The van der Waals surface area contributed by atoms with E-state index in [0.717, 1.165) is 61.7 Å². The highest BCUT2D eigenvalue weighted by atomic mass is 19.4. The summed E-state index contributed by atoms with van der Waals surface area (Å²) in [5.74, 6) is 1.01. The molecule has 10 heteroatoms. The average molecular weight is 522 g/mol. The Labute approximate surface area is 215 Å². The smallest absolute Gasteiger partial charge is 0.416 e. The van der Waals surface area contributed by atoms with E-state index < -0.39 is 11.7 Å². The molecule has 1 aliphatic heterocycles. The maximum absolute atomic E-state index is 12.9. The third-order valence-electron chi connectivity index (χ3n) is 6.16. The van der Waals surface area contributed by atoms with Gasteiger partial charge in [0.2, 0.25) is 18.7 Å². The Morgan fingerprint density at radius 1 is 1.11 bits per heavy atom. The normalized spacial score (nSPS) is 17.6.